The van der Waals surface area contributed by atoms with Crippen molar-refractivity contribution in [3.8, 4) is 0 Å². The first-order valence-electron chi connectivity index (χ1n) is 5.34. The predicted molar refractivity (Wildman–Crippen MR) is 62.0 cm³/mol. The van der Waals surface area contributed by atoms with E-state index in [1.165, 1.54) is 0 Å². The lowest BCUT2D eigenvalue weighted by Crippen LogP contribution is -2.57. The number of aliphatic hydroxyl groups is 1. The van der Waals surface area contributed by atoms with Crippen LogP contribution in [0.25, 0.3) is 0 Å². The number of amides is 1. The normalized spacial score (nSPS) is 33.7. The van der Waals surface area contributed by atoms with E-state index in [1.54, 1.807) is 0 Å². The molecule has 108 valence electrons. The van der Waals surface area contributed by atoms with E-state index in [0.29, 0.717) is 6.42 Å². The number of rotatable bonds is 3. The first kappa shape index (κ1) is 17.5. The number of aliphatic hydroxyl groups excluding tert-OH is 1. The van der Waals surface area contributed by atoms with Crippen LogP contribution in [0.2, 0.25) is 0 Å². The molecule has 2 aliphatic carbocycles. The summed E-state index contributed by atoms with van der Waals surface area (Å²) in [7, 11) is 0. The van der Waals surface area contributed by atoms with Gasteiger partial charge in [0, 0.05) is 6.42 Å². The van der Waals surface area contributed by atoms with Crippen LogP contribution in [0, 0.1) is 11.8 Å². The molecular weight excluding hydrogens is 280 g/mol. The molecule has 2 rings (SSSR count). The van der Waals surface area contributed by atoms with Gasteiger partial charge in [-0.15, -0.1) is 12.4 Å². The van der Waals surface area contributed by atoms with Crippen molar-refractivity contribution in [2.24, 2.45) is 17.6 Å². The SMILES string of the molecule is Cl.NCC(=O)N[C@@]1(C(=O)O)C[C@H](O)[C@H]2C[C@H]21.O=C=O. The maximum absolute atomic E-state index is 11.2. The number of nitrogens with two attached hydrogens (primary N) is 1. The van der Waals surface area contributed by atoms with E-state index in [9.17, 15) is 14.7 Å². The molecule has 0 aliphatic heterocycles. The molecule has 2 fully saturated rings. The average Bonchev–Trinajstić information content (AvgIpc) is 3.04. The molecule has 9 heteroatoms. The van der Waals surface area contributed by atoms with Gasteiger partial charge in [-0.25, -0.2) is 4.79 Å². The summed E-state index contributed by atoms with van der Waals surface area (Å²) in [6, 6.07) is 0. The fourth-order valence-corrected chi connectivity index (χ4v) is 2.58. The van der Waals surface area contributed by atoms with Crippen molar-refractivity contribution >= 4 is 30.4 Å². The van der Waals surface area contributed by atoms with Gasteiger partial charge < -0.3 is 21.3 Å². The zero-order valence-electron chi connectivity index (χ0n) is 9.87. The lowest BCUT2D eigenvalue weighted by atomic mass is 9.92. The number of aliphatic carboxylic acids is 1. The third-order valence-corrected chi connectivity index (χ3v) is 3.43. The van der Waals surface area contributed by atoms with Gasteiger partial charge in [-0.3, -0.25) is 4.79 Å². The van der Waals surface area contributed by atoms with Crippen LogP contribution in [0.1, 0.15) is 12.8 Å². The Morgan fingerprint density at radius 2 is 1.95 bits per heavy atom. The molecule has 8 nitrogen and oxygen atoms in total. The number of halogens is 1. The summed E-state index contributed by atoms with van der Waals surface area (Å²) in [5.74, 6) is -1.68. The molecule has 2 aliphatic rings. The monoisotopic (exact) mass is 294 g/mol. The number of carboxylic acids is 1. The van der Waals surface area contributed by atoms with E-state index >= 15 is 0 Å². The van der Waals surface area contributed by atoms with Gasteiger partial charge >= 0.3 is 12.1 Å². The molecule has 0 aromatic rings. The Morgan fingerprint density at radius 1 is 1.42 bits per heavy atom. The Balaban J connectivity index is 0.000000742. The van der Waals surface area contributed by atoms with E-state index in [0.717, 1.165) is 0 Å². The van der Waals surface area contributed by atoms with Crippen LogP contribution in [-0.2, 0) is 19.2 Å². The van der Waals surface area contributed by atoms with Crippen molar-refractivity contribution in [1.82, 2.24) is 5.32 Å². The van der Waals surface area contributed by atoms with Gasteiger partial charge in [0.1, 0.15) is 5.54 Å². The van der Waals surface area contributed by atoms with E-state index < -0.39 is 23.5 Å². The van der Waals surface area contributed by atoms with E-state index in [-0.39, 0.29) is 43.4 Å². The number of hydrogen-bond acceptors (Lipinski definition) is 6. The second kappa shape index (κ2) is 6.63. The van der Waals surface area contributed by atoms with Gasteiger partial charge in [-0.2, -0.15) is 9.59 Å². The summed E-state index contributed by atoms with van der Waals surface area (Å²) in [6.45, 7) is -0.234. The Kier molecular flexibility index (Phi) is 6.11. The molecule has 0 radical (unpaired) electrons. The lowest BCUT2D eigenvalue weighted by Gasteiger charge is -2.27. The summed E-state index contributed by atoms with van der Waals surface area (Å²) in [5.41, 5.74) is 3.84. The van der Waals surface area contributed by atoms with Gasteiger partial charge in [0.25, 0.3) is 0 Å². The highest BCUT2D eigenvalue weighted by Crippen LogP contribution is 2.57. The number of hydrogen-bond donors (Lipinski definition) is 4. The van der Waals surface area contributed by atoms with Crippen molar-refractivity contribution in [3.63, 3.8) is 0 Å². The van der Waals surface area contributed by atoms with E-state index in [4.69, 9.17) is 20.4 Å². The number of fused-ring (bicyclic) bond motifs is 1. The molecule has 0 spiro atoms. The minimum atomic E-state index is -1.29. The molecular formula is C10H15ClN2O6. The Bertz CT molecular complexity index is 397. The lowest BCUT2D eigenvalue weighted by molar-refractivity contribution is -0.191. The van der Waals surface area contributed by atoms with Crippen LogP contribution < -0.4 is 11.1 Å². The molecule has 5 N–H and O–H groups in total. The van der Waals surface area contributed by atoms with Crippen LogP contribution in [-0.4, -0.2) is 46.4 Å². The second-order valence-electron chi connectivity index (χ2n) is 4.39. The minimum Gasteiger partial charge on any atom is -0.479 e. The Morgan fingerprint density at radius 3 is 2.21 bits per heavy atom. The summed E-state index contributed by atoms with van der Waals surface area (Å²) >= 11 is 0. The molecule has 0 unspecified atom stereocenters. The third-order valence-electron chi connectivity index (χ3n) is 3.43. The zero-order valence-corrected chi connectivity index (χ0v) is 10.7. The summed E-state index contributed by atoms with van der Waals surface area (Å²) in [5, 5.41) is 21.2. The standard InChI is InChI=1S/C9H14N2O4.CO2.ClH/c10-3-7(13)11-9(8(14)15)2-6(12)4-1-5(4)9;2-1-3;/h4-6,12H,1-3,10H2,(H,11,13)(H,14,15);;1H/t4-,5+,6-,9-;;/m0../s1. The molecule has 4 atom stereocenters. The maximum atomic E-state index is 11.2. The number of carboxylic acid groups (broad SMARTS) is 1. The second-order valence-corrected chi connectivity index (χ2v) is 4.39. The van der Waals surface area contributed by atoms with Crippen molar-refractivity contribution in [2.75, 3.05) is 6.54 Å². The smallest absolute Gasteiger partial charge is 0.373 e. The van der Waals surface area contributed by atoms with Crippen molar-refractivity contribution < 1.29 is 29.4 Å². The van der Waals surface area contributed by atoms with Gasteiger partial charge in [0.05, 0.1) is 12.6 Å². The third kappa shape index (κ3) is 3.30. The first-order valence-corrected chi connectivity index (χ1v) is 5.34. The van der Waals surface area contributed by atoms with E-state index in [2.05, 4.69) is 5.32 Å². The Hall–Kier alpha value is -1.47. The summed E-state index contributed by atoms with van der Waals surface area (Å²) < 4.78 is 0. The van der Waals surface area contributed by atoms with Gasteiger partial charge in [0.15, 0.2) is 0 Å². The van der Waals surface area contributed by atoms with Gasteiger partial charge in [-0.1, -0.05) is 0 Å². The van der Waals surface area contributed by atoms with Gasteiger partial charge in [-0.05, 0) is 18.3 Å². The number of carbonyl (C=O) groups excluding carboxylic acids is 3. The fourth-order valence-electron chi connectivity index (χ4n) is 2.58. The maximum Gasteiger partial charge on any atom is 0.373 e. The topological polar surface area (TPSA) is 147 Å². The molecule has 0 aromatic carbocycles. The van der Waals surface area contributed by atoms with Gasteiger partial charge in [0.2, 0.25) is 5.91 Å². The molecule has 19 heavy (non-hydrogen) atoms. The van der Waals surface area contributed by atoms with E-state index in [1.807, 2.05) is 0 Å². The summed E-state index contributed by atoms with van der Waals surface area (Å²) in [4.78, 5) is 38.6. The molecule has 0 bridgehead atoms. The first-order chi connectivity index (χ1) is 8.42. The van der Waals surface area contributed by atoms with Crippen LogP contribution in [0.15, 0.2) is 0 Å². The molecule has 2 saturated carbocycles. The number of nitrogens with one attached hydrogen (secondary N) is 1. The van der Waals surface area contributed by atoms with Crippen LogP contribution in [0.5, 0.6) is 0 Å². The van der Waals surface area contributed by atoms with Crippen molar-refractivity contribution in [3.05, 3.63) is 0 Å². The largest absolute Gasteiger partial charge is 0.479 e. The molecule has 0 aromatic heterocycles. The average molecular weight is 295 g/mol. The highest BCUT2D eigenvalue weighted by atomic mass is 35.5. The zero-order chi connectivity index (χ0) is 13.9. The summed E-state index contributed by atoms with van der Waals surface area (Å²) in [6.07, 6.45) is 0.381. The molecule has 0 heterocycles. The molecule has 0 saturated heterocycles. The van der Waals surface area contributed by atoms with Crippen LogP contribution >= 0.6 is 12.4 Å². The quantitative estimate of drug-likeness (QED) is 0.476. The van der Waals surface area contributed by atoms with Crippen molar-refractivity contribution in [1.29, 1.82) is 0 Å². The number of carbonyl (C=O) groups is 2. The highest BCUT2D eigenvalue weighted by Gasteiger charge is 2.66. The molecule has 1 amide bonds. The fraction of sp³-hybridized carbons (Fsp3) is 0.700. The highest BCUT2D eigenvalue weighted by molar-refractivity contribution is 5.89. The van der Waals surface area contributed by atoms with Crippen molar-refractivity contribution in [2.45, 2.75) is 24.5 Å². The predicted octanol–water partition coefficient (Wildman–Crippen LogP) is -1.88. The minimum absolute atomic E-state index is 0. The van der Waals surface area contributed by atoms with Crippen LogP contribution in [0.4, 0.5) is 0 Å². The van der Waals surface area contributed by atoms with Crippen LogP contribution in [0.3, 0.4) is 0 Å². The Labute approximate surface area is 114 Å².